The van der Waals surface area contributed by atoms with Gasteiger partial charge in [-0.25, -0.2) is 0 Å². The normalized spacial score (nSPS) is 30.6. The maximum atomic E-state index is 3.95. The molecule has 0 radical (unpaired) electrons. The predicted octanol–water partition coefficient (Wildman–Crippen LogP) is 8.48. The molecule has 144 valence electrons. The lowest BCUT2D eigenvalue weighted by Crippen LogP contribution is -2.14. The van der Waals surface area contributed by atoms with Gasteiger partial charge in [0.25, 0.3) is 0 Å². The molecular formula is C25H44. The van der Waals surface area contributed by atoms with E-state index in [1.807, 2.05) is 0 Å². The zero-order valence-corrected chi connectivity index (χ0v) is 17.1. The first kappa shape index (κ1) is 20.8. The summed E-state index contributed by atoms with van der Waals surface area (Å²) in [5.41, 5.74) is 0. The summed E-state index contributed by atoms with van der Waals surface area (Å²) >= 11 is 0. The van der Waals surface area contributed by atoms with Gasteiger partial charge in [-0.1, -0.05) is 89.4 Å². The van der Waals surface area contributed by atoms with Crippen molar-refractivity contribution in [3.05, 3.63) is 24.8 Å². The highest BCUT2D eigenvalue weighted by Gasteiger charge is 2.20. The zero-order chi connectivity index (χ0) is 17.7. The molecule has 0 nitrogen and oxygen atoms in total. The van der Waals surface area contributed by atoms with Crippen molar-refractivity contribution in [1.82, 2.24) is 0 Å². The maximum Gasteiger partial charge on any atom is -0.0233 e. The SMILES string of the molecule is C=CC1CCC(/C=C/CCC2CCC(CCCCCCC)CC2)CC1. The Hall–Kier alpha value is -0.520. The van der Waals surface area contributed by atoms with Crippen molar-refractivity contribution in [2.75, 3.05) is 0 Å². The lowest BCUT2D eigenvalue weighted by atomic mass is 9.78. The summed E-state index contributed by atoms with van der Waals surface area (Å²) in [5.74, 6) is 3.75. The van der Waals surface area contributed by atoms with Gasteiger partial charge >= 0.3 is 0 Å². The molecule has 0 aliphatic heterocycles. The lowest BCUT2D eigenvalue weighted by molar-refractivity contribution is 0.249. The van der Waals surface area contributed by atoms with Crippen LogP contribution >= 0.6 is 0 Å². The molecule has 0 aromatic heterocycles. The number of hydrogen-bond acceptors (Lipinski definition) is 0. The average molecular weight is 345 g/mol. The van der Waals surface area contributed by atoms with Gasteiger partial charge in [-0.2, -0.15) is 0 Å². The number of rotatable bonds is 11. The molecule has 0 atom stereocenters. The molecule has 2 aliphatic carbocycles. The van der Waals surface area contributed by atoms with E-state index < -0.39 is 0 Å². The first-order chi connectivity index (χ1) is 12.3. The third kappa shape index (κ3) is 8.61. The Bertz CT molecular complexity index is 350. The van der Waals surface area contributed by atoms with Crippen LogP contribution in [0.4, 0.5) is 0 Å². The fourth-order valence-corrected chi connectivity index (χ4v) is 5.04. The molecule has 0 heterocycles. The summed E-state index contributed by atoms with van der Waals surface area (Å²) < 4.78 is 0. The van der Waals surface area contributed by atoms with E-state index in [0.717, 1.165) is 23.7 Å². The minimum atomic E-state index is 0.798. The topological polar surface area (TPSA) is 0 Å². The summed E-state index contributed by atoms with van der Waals surface area (Å²) in [5, 5.41) is 0. The van der Waals surface area contributed by atoms with Crippen molar-refractivity contribution in [1.29, 1.82) is 0 Å². The number of unbranched alkanes of at least 4 members (excludes halogenated alkanes) is 4. The fourth-order valence-electron chi connectivity index (χ4n) is 5.04. The third-order valence-corrected chi connectivity index (χ3v) is 6.98. The monoisotopic (exact) mass is 344 g/mol. The van der Waals surface area contributed by atoms with Crippen LogP contribution in [0.2, 0.25) is 0 Å². The number of hydrogen-bond donors (Lipinski definition) is 0. The summed E-state index contributed by atoms with van der Waals surface area (Å²) in [6, 6.07) is 0. The molecule has 0 unspecified atom stereocenters. The highest BCUT2D eigenvalue weighted by atomic mass is 14.3. The van der Waals surface area contributed by atoms with Gasteiger partial charge in [-0.05, 0) is 62.2 Å². The molecule has 0 saturated heterocycles. The standard InChI is InChI=1S/C25H44/c1-3-5-6-7-8-11-23-18-20-25(21-19-23)13-10-9-12-24-16-14-22(4-2)15-17-24/h4,9,12,22-25H,2-3,5-8,10-11,13-21H2,1H3/b12-9+. The number of allylic oxidation sites excluding steroid dienone is 3. The summed E-state index contributed by atoms with van der Waals surface area (Å²) in [6.07, 6.45) is 30.3. The van der Waals surface area contributed by atoms with E-state index in [2.05, 4.69) is 31.7 Å². The summed E-state index contributed by atoms with van der Waals surface area (Å²) in [4.78, 5) is 0. The Morgan fingerprint density at radius 3 is 1.96 bits per heavy atom. The average Bonchev–Trinajstić information content (AvgIpc) is 2.66. The molecule has 2 fully saturated rings. The van der Waals surface area contributed by atoms with E-state index in [4.69, 9.17) is 0 Å². The molecule has 0 heteroatoms. The second-order valence-electron chi connectivity index (χ2n) is 9.01. The molecular weight excluding hydrogens is 300 g/mol. The highest BCUT2D eigenvalue weighted by Crippen LogP contribution is 2.35. The first-order valence-electron chi connectivity index (χ1n) is 11.6. The molecule has 0 bridgehead atoms. The molecule has 0 spiro atoms. The van der Waals surface area contributed by atoms with E-state index >= 15 is 0 Å². The highest BCUT2D eigenvalue weighted by molar-refractivity contribution is 4.94. The van der Waals surface area contributed by atoms with E-state index in [9.17, 15) is 0 Å². The Labute approximate surface area is 158 Å². The Morgan fingerprint density at radius 1 is 0.720 bits per heavy atom. The van der Waals surface area contributed by atoms with E-state index in [-0.39, 0.29) is 0 Å². The zero-order valence-electron chi connectivity index (χ0n) is 17.1. The second-order valence-corrected chi connectivity index (χ2v) is 9.01. The summed E-state index contributed by atoms with van der Waals surface area (Å²) in [6.45, 7) is 6.26. The van der Waals surface area contributed by atoms with Crippen LogP contribution in [-0.2, 0) is 0 Å². The van der Waals surface area contributed by atoms with Crippen molar-refractivity contribution < 1.29 is 0 Å². The van der Waals surface area contributed by atoms with Crippen molar-refractivity contribution in [3.8, 4) is 0 Å². The molecule has 2 saturated carbocycles. The Morgan fingerprint density at radius 2 is 1.32 bits per heavy atom. The van der Waals surface area contributed by atoms with Gasteiger partial charge in [0.1, 0.15) is 0 Å². The van der Waals surface area contributed by atoms with Crippen molar-refractivity contribution in [3.63, 3.8) is 0 Å². The Balaban J connectivity index is 1.48. The van der Waals surface area contributed by atoms with E-state index in [1.165, 1.54) is 103 Å². The van der Waals surface area contributed by atoms with E-state index in [1.54, 1.807) is 0 Å². The van der Waals surface area contributed by atoms with Crippen molar-refractivity contribution >= 4 is 0 Å². The minimum absolute atomic E-state index is 0.798. The van der Waals surface area contributed by atoms with Crippen LogP contribution in [-0.4, -0.2) is 0 Å². The molecule has 0 N–H and O–H groups in total. The van der Waals surface area contributed by atoms with Gasteiger partial charge in [0.15, 0.2) is 0 Å². The van der Waals surface area contributed by atoms with Crippen LogP contribution in [0.3, 0.4) is 0 Å². The first-order valence-corrected chi connectivity index (χ1v) is 11.6. The van der Waals surface area contributed by atoms with Crippen LogP contribution in [0.15, 0.2) is 24.8 Å². The smallest absolute Gasteiger partial charge is 0.0233 e. The quantitative estimate of drug-likeness (QED) is 0.260. The largest absolute Gasteiger partial charge is 0.103 e. The van der Waals surface area contributed by atoms with Crippen molar-refractivity contribution in [2.45, 2.75) is 110 Å². The second kappa shape index (κ2) is 12.8. The molecule has 2 rings (SSSR count). The van der Waals surface area contributed by atoms with Gasteiger partial charge in [0, 0.05) is 0 Å². The van der Waals surface area contributed by atoms with Crippen LogP contribution in [0, 0.1) is 23.7 Å². The molecule has 0 amide bonds. The molecule has 2 aliphatic rings. The van der Waals surface area contributed by atoms with Crippen LogP contribution in [0.5, 0.6) is 0 Å². The summed E-state index contributed by atoms with van der Waals surface area (Å²) in [7, 11) is 0. The minimum Gasteiger partial charge on any atom is -0.103 e. The fraction of sp³-hybridized carbons (Fsp3) is 0.840. The third-order valence-electron chi connectivity index (χ3n) is 6.98. The van der Waals surface area contributed by atoms with E-state index in [0.29, 0.717) is 0 Å². The van der Waals surface area contributed by atoms with Gasteiger partial charge in [-0.15, -0.1) is 6.58 Å². The Kier molecular flexibility index (Phi) is 10.6. The van der Waals surface area contributed by atoms with Gasteiger partial charge in [0.05, 0.1) is 0 Å². The van der Waals surface area contributed by atoms with Gasteiger partial charge < -0.3 is 0 Å². The van der Waals surface area contributed by atoms with Gasteiger partial charge in [0.2, 0.25) is 0 Å². The molecule has 25 heavy (non-hydrogen) atoms. The van der Waals surface area contributed by atoms with Crippen molar-refractivity contribution in [2.24, 2.45) is 23.7 Å². The maximum absolute atomic E-state index is 3.95. The van der Waals surface area contributed by atoms with Crippen LogP contribution < -0.4 is 0 Å². The molecule has 0 aromatic rings. The van der Waals surface area contributed by atoms with Crippen LogP contribution in [0.1, 0.15) is 110 Å². The predicted molar refractivity (Wildman–Crippen MR) is 113 cm³/mol. The van der Waals surface area contributed by atoms with Crippen LogP contribution in [0.25, 0.3) is 0 Å². The molecule has 0 aromatic carbocycles. The lowest BCUT2D eigenvalue weighted by Gasteiger charge is -2.28. The van der Waals surface area contributed by atoms with Gasteiger partial charge in [-0.3, -0.25) is 0 Å².